The number of hydrogen-bond acceptors (Lipinski definition) is 3. The van der Waals surface area contributed by atoms with E-state index in [2.05, 4.69) is 36.3 Å². The number of aryl methyl sites for hydroxylation is 1. The van der Waals surface area contributed by atoms with Crippen molar-refractivity contribution < 1.29 is 0 Å². The number of rotatable bonds is 5. The molecular weight excluding hydrogens is 264 g/mol. The molecule has 2 heterocycles. The summed E-state index contributed by atoms with van der Waals surface area (Å²) >= 11 is 7.65. The first-order valence-corrected chi connectivity index (χ1v) is 7.32. The van der Waals surface area contributed by atoms with Gasteiger partial charge in [-0.25, -0.2) is 0 Å². The van der Waals surface area contributed by atoms with Gasteiger partial charge in [-0.15, -0.1) is 11.3 Å². The minimum absolute atomic E-state index is 0.142. The molecule has 0 aliphatic carbocycles. The summed E-state index contributed by atoms with van der Waals surface area (Å²) in [6, 6.07) is 8.23. The zero-order chi connectivity index (χ0) is 13.0. The van der Waals surface area contributed by atoms with Gasteiger partial charge in [0, 0.05) is 11.1 Å². The number of nitrogens with one attached hydrogen (secondary N) is 1. The molecule has 2 aromatic rings. The summed E-state index contributed by atoms with van der Waals surface area (Å²) in [5.41, 5.74) is 2.29. The standard InChI is InChI=1S/C14H17ClN2S/c1-3-8-16-14(11-6-7-12(15)18-11)13-10(2)5-4-9-17-13/h4-7,9,14,16H,3,8H2,1-2H3. The first kappa shape index (κ1) is 13.5. The van der Waals surface area contributed by atoms with Crippen molar-refractivity contribution in [3.8, 4) is 0 Å². The minimum atomic E-state index is 0.142. The van der Waals surface area contributed by atoms with Gasteiger partial charge in [0.15, 0.2) is 0 Å². The van der Waals surface area contributed by atoms with E-state index >= 15 is 0 Å². The smallest absolute Gasteiger partial charge is 0.0931 e. The van der Waals surface area contributed by atoms with Gasteiger partial charge in [0.25, 0.3) is 0 Å². The Morgan fingerprint density at radius 1 is 1.39 bits per heavy atom. The van der Waals surface area contributed by atoms with Crippen LogP contribution in [0.1, 0.15) is 35.5 Å². The highest BCUT2D eigenvalue weighted by Gasteiger charge is 2.18. The molecule has 0 spiro atoms. The third-order valence-corrected chi connectivity index (χ3v) is 4.10. The molecule has 0 saturated carbocycles. The second-order valence-electron chi connectivity index (χ2n) is 4.23. The molecule has 0 amide bonds. The molecule has 96 valence electrons. The molecule has 0 radical (unpaired) electrons. The van der Waals surface area contributed by atoms with Crippen LogP contribution >= 0.6 is 22.9 Å². The highest BCUT2D eigenvalue weighted by atomic mass is 35.5. The molecule has 0 fully saturated rings. The summed E-state index contributed by atoms with van der Waals surface area (Å²) < 4.78 is 0.821. The first-order valence-electron chi connectivity index (χ1n) is 6.12. The van der Waals surface area contributed by atoms with Crippen LogP contribution in [-0.2, 0) is 0 Å². The molecule has 2 nitrogen and oxygen atoms in total. The molecule has 0 aromatic carbocycles. The van der Waals surface area contributed by atoms with Crippen molar-refractivity contribution in [1.82, 2.24) is 10.3 Å². The van der Waals surface area contributed by atoms with Crippen LogP contribution in [0.4, 0.5) is 0 Å². The van der Waals surface area contributed by atoms with Gasteiger partial charge in [-0.3, -0.25) is 4.98 Å². The molecule has 0 saturated heterocycles. The van der Waals surface area contributed by atoms with Crippen molar-refractivity contribution in [3.05, 3.63) is 50.9 Å². The molecule has 0 bridgehead atoms. The Labute approximate surface area is 117 Å². The maximum Gasteiger partial charge on any atom is 0.0931 e. The van der Waals surface area contributed by atoms with Gasteiger partial charge in [0.1, 0.15) is 0 Å². The van der Waals surface area contributed by atoms with Gasteiger partial charge < -0.3 is 5.32 Å². The van der Waals surface area contributed by atoms with E-state index in [0.717, 1.165) is 23.0 Å². The van der Waals surface area contributed by atoms with Crippen LogP contribution in [0.2, 0.25) is 4.34 Å². The Hall–Kier alpha value is -0.900. The molecule has 1 unspecified atom stereocenters. The van der Waals surface area contributed by atoms with Crippen LogP contribution in [0.3, 0.4) is 0 Å². The van der Waals surface area contributed by atoms with E-state index in [-0.39, 0.29) is 6.04 Å². The van der Waals surface area contributed by atoms with E-state index < -0.39 is 0 Å². The summed E-state index contributed by atoms with van der Waals surface area (Å²) in [6.07, 6.45) is 2.94. The van der Waals surface area contributed by atoms with Gasteiger partial charge >= 0.3 is 0 Å². The Morgan fingerprint density at radius 2 is 2.22 bits per heavy atom. The number of halogens is 1. The predicted octanol–water partition coefficient (Wildman–Crippen LogP) is 4.19. The van der Waals surface area contributed by atoms with Crippen molar-refractivity contribution in [2.75, 3.05) is 6.54 Å². The Kier molecular flexibility index (Phi) is 4.75. The Morgan fingerprint density at radius 3 is 2.83 bits per heavy atom. The number of aromatic nitrogens is 1. The number of hydrogen-bond donors (Lipinski definition) is 1. The van der Waals surface area contributed by atoms with Gasteiger partial charge in [0.2, 0.25) is 0 Å². The maximum atomic E-state index is 6.04. The molecule has 0 aliphatic rings. The predicted molar refractivity (Wildman–Crippen MR) is 78.4 cm³/mol. The summed E-state index contributed by atoms with van der Waals surface area (Å²) in [6.45, 7) is 5.23. The van der Waals surface area contributed by atoms with Crippen molar-refractivity contribution in [2.45, 2.75) is 26.3 Å². The van der Waals surface area contributed by atoms with Crippen LogP contribution in [0, 0.1) is 6.92 Å². The fourth-order valence-electron chi connectivity index (χ4n) is 1.90. The largest absolute Gasteiger partial charge is 0.304 e. The van der Waals surface area contributed by atoms with E-state index in [1.165, 1.54) is 10.4 Å². The van der Waals surface area contributed by atoms with Gasteiger partial charge in [-0.05, 0) is 43.7 Å². The van der Waals surface area contributed by atoms with Gasteiger partial charge in [-0.1, -0.05) is 24.6 Å². The van der Waals surface area contributed by atoms with Gasteiger partial charge in [0.05, 0.1) is 16.1 Å². The Bertz CT molecular complexity index is 510. The van der Waals surface area contributed by atoms with Crippen LogP contribution in [-0.4, -0.2) is 11.5 Å². The summed E-state index contributed by atoms with van der Waals surface area (Å²) in [7, 11) is 0. The van der Waals surface area contributed by atoms with E-state index in [0.29, 0.717) is 0 Å². The Balaban J connectivity index is 2.33. The van der Waals surface area contributed by atoms with Crippen molar-refractivity contribution in [2.24, 2.45) is 0 Å². The van der Waals surface area contributed by atoms with E-state index in [1.807, 2.05) is 18.3 Å². The second-order valence-corrected chi connectivity index (χ2v) is 5.98. The molecule has 2 rings (SSSR count). The summed E-state index contributed by atoms with van der Waals surface area (Å²) in [5, 5.41) is 3.55. The van der Waals surface area contributed by atoms with E-state index in [1.54, 1.807) is 11.3 Å². The van der Waals surface area contributed by atoms with Crippen molar-refractivity contribution in [1.29, 1.82) is 0 Å². The van der Waals surface area contributed by atoms with Crippen molar-refractivity contribution >= 4 is 22.9 Å². The molecule has 0 aliphatic heterocycles. The average molecular weight is 281 g/mol. The third kappa shape index (κ3) is 3.10. The van der Waals surface area contributed by atoms with Crippen LogP contribution in [0.25, 0.3) is 0 Å². The van der Waals surface area contributed by atoms with E-state index in [9.17, 15) is 0 Å². The van der Waals surface area contributed by atoms with Gasteiger partial charge in [-0.2, -0.15) is 0 Å². The number of pyridine rings is 1. The fraction of sp³-hybridized carbons (Fsp3) is 0.357. The SMILES string of the molecule is CCCNC(c1ccc(Cl)s1)c1ncccc1C. The lowest BCUT2D eigenvalue weighted by Gasteiger charge is -2.18. The third-order valence-electron chi connectivity index (χ3n) is 2.80. The topological polar surface area (TPSA) is 24.9 Å². The lowest BCUT2D eigenvalue weighted by molar-refractivity contribution is 0.591. The number of nitrogens with zero attached hydrogens (tertiary/aromatic N) is 1. The molecule has 2 aromatic heterocycles. The summed E-state index contributed by atoms with van der Waals surface area (Å²) in [4.78, 5) is 5.74. The highest BCUT2D eigenvalue weighted by molar-refractivity contribution is 7.16. The second kappa shape index (κ2) is 6.32. The molecular formula is C14H17ClN2S. The zero-order valence-corrected chi connectivity index (χ0v) is 12.2. The fourth-order valence-corrected chi connectivity index (χ4v) is 3.04. The monoisotopic (exact) mass is 280 g/mol. The zero-order valence-electron chi connectivity index (χ0n) is 10.6. The normalized spacial score (nSPS) is 12.6. The quantitative estimate of drug-likeness (QED) is 0.888. The molecule has 18 heavy (non-hydrogen) atoms. The molecule has 1 N–H and O–H groups in total. The highest BCUT2D eigenvalue weighted by Crippen LogP contribution is 2.31. The molecule has 1 atom stereocenters. The molecule has 4 heteroatoms. The van der Waals surface area contributed by atoms with Crippen LogP contribution < -0.4 is 5.32 Å². The van der Waals surface area contributed by atoms with E-state index in [4.69, 9.17) is 11.6 Å². The summed E-state index contributed by atoms with van der Waals surface area (Å²) in [5.74, 6) is 0. The maximum absolute atomic E-state index is 6.04. The lowest BCUT2D eigenvalue weighted by atomic mass is 10.1. The number of thiophene rings is 1. The lowest BCUT2D eigenvalue weighted by Crippen LogP contribution is -2.24. The minimum Gasteiger partial charge on any atom is -0.304 e. The van der Waals surface area contributed by atoms with Crippen LogP contribution in [0.15, 0.2) is 30.5 Å². The van der Waals surface area contributed by atoms with Crippen LogP contribution in [0.5, 0.6) is 0 Å². The first-order chi connectivity index (χ1) is 8.72. The van der Waals surface area contributed by atoms with Crippen molar-refractivity contribution in [3.63, 3.8) is 0 Å². The average Bonchev–Trinajstić information content (AvgIpc) is 2.78.